The Bertz CT molecular complexity index is 1050. The zero-order valence-corrected chi connectivity index (χ0v) is 18.1. The van der Waals surface area contributed by atoms with Gasteiger partial charge in [-0.15, -0.1) is 0 Å². The summed E-state index contributed by atoms with van der Waals surface area (Å²) < 4.78 is 25.9. The second kappa shape index (κ2) is 8.62. The monoisotopic (exact) mass is 433 g/mol. The van der Waals surface area contributed by atoms with Crippen LogP contribution in [0.15, 0.2) is 29.8 Å². The van der Waals surface area contributed by atoms with Crippen LogP contribution in [0.25, 0.3) is 6.08 Å². The Morgan fingerprint density at radius 1 is 1.07 bits per heavy atom. The van der Waals surface area contributed by atoms with E-state index in [1.54, 1.807) is 13.2 Å². The number of aryl methyl sites for hydroxylation is 2. The minimum atomic E-state index is -4.54. The second-order valence-electron chi connectivity index (χ2n) is 7.01. The van der Waals surface area contributed by atoms with Gasteiger partial charge in [0.15, 0.2) is 17.3 Å². The molecular weight excluding hydrogens is 409 g/mol. The number of allylic oxidation sites excluding steroid dienone is 1. The molecule has 9 heteroatoms. The van der Waals surface area contributed by atoms with Gasteiger partial charge in [0.2, 0.25) is 0 Å². The Labute approximate surface area is 174 Å². The lowest BCUT2D eigenvalue weighted by Crippen LogP contribution is -2.07. The van der Waals surface area contributed by atoms with Crippen molar-refractivity contribution in [3.8, 4) is 11.5 Å². The Hall–Kier alpha value is -2.64. The summed E-state index contributed by atoms with van der Waals surface area (Å²) in [6.45, 7) is 3.43. The molecule has 8 nitrogen and oxygen atoms in total. The van der Waals surface area contributed by atoms with Gasteiger partial charge in [-0.05, 0) is 66.4 Å². The fourth-order valence-electron chi connectivity index (χ4n) is 3.60. The molecule has 2 aromatic carbocycles. The molecule has 160 valence electrons. The van der Waals surface area contributed by atoms with E-state index in [1.807, 2.05) is 38.1 Å². The number of anilines is 1. The highest BCUT2D eigenvalue weighted by Gasteiger charge is 2.27. The van der Waals surface area contributed by atoms with Crippen LogP contribution in [0.3, 0.4) is 0 Å². The normalized spacial score (nSPS) is 14.7. The SMILES string of the molecule is COc1cc2c(cc1OC)C(=O)/C(=C/c1cc(C)c(NCOP(=O)(O)O)c(C)c1)C2. The maximum absolute atomic E-state index is 12.9. The maximum Gasteiger partial charge on any atom is 0.471 e. The number of carbonyl (C=O) groups is 1. The van der Waals surface area contributed by atoms with Gasteiger partial charge in [0.1, 0.15) is 6.73 Å². The molecule has 0 heterocycles. The van der Waals surface area contributed by atoms with E-state index in [-0.39, 0.29) is 12.5 Å². The first-order chi connectivity index (χ1) is 14.1. The number of carbonyl (C=O) groups excluding carboxylic acids is 1. The van der Waals surface area contributed by atoms with Crippen molar-refractivity contribution in [1.29, 1.82) is 0 Å². The highest BCUT2D eigenvalue weighted by atomic mass is 31.2. The van der Waals surface area contributed by atoms with Gasteiger partial charge in [-0.25, -0.2) is 4.57 Å². The Kier molecular flexibility index (Phi) is 6.33. The van der Waals surface area contributed by atoms with E-state index < -0.39 is 7.82 Å². The third kappa shape index (κ3) is 4.74. The minimum absolute atomic E-state index is 0.0431. The van der Waals surface area contributed by atoms with Gasteiger partial charge < -0.3 is 24.6 Å². The number of benzene rings is 2. The second-order valence-corrected chi connectivity index (χ2v) is 8.25. The number of phosphoric ester groups is 1. The molecule has 1 aliphatic carbocycles. The summed E-state index contributed by atoms with van der Waals surface area (Å²) in [6, 6.07) is 7.34. The van der Waals surface area contributed by atoms with Gasteiger partial charge in [-0.3, -0.25) is 9.32 Å². The van der Waals surface area contributed by atoms with E-state index in [1.165, 1.54) is 7.11 Å². The molecule has 3 N–H and O–H groups in total. The molecule has 0 aliphatic heterocycles. The van der Waals surface area contributed by atoms with Crippen LogP contribution in [0, 0.1) is 13.8 Å². The molecule has 30 heavy (non-hydrogen) atoms. The smallest absolute Gasteiger partial charge is 0.471 e. The largest absolute Gasteiger partial charge is 0.493 e. The van der Waals surface area contributed by atoms with Crippen LogP contribution in [0.2, 0.25) is 0 Å². The number of ether oxygens (including phenoxy) is 2. The summed E-state index contributed by atoms with van der Waals surface area (Å²) in [5.41, 5.74) is 5.49. The molecule has 0 amide bonds. The zero-order chi connectivity index (χ0) is 22.1. The number of nitrogens with one attached hydrogen (secondary N) is 1. The fourth-order valence-corrected chi connectivity index (χ4v) is 3.84. The van der Waals surface area contributed by atoms with Crippen molar-refractivity contribution in [2.45, 2.75) is 20.3 Å². The topological polar surface area (TPSA) is 114 Å². The molecule has 0 aromatic heterocycles. The maximum atomic E-state index is 12.9. The predicted molar refractivity (Wildman–Crippen MR) is 113 cm³/mol. The molecule has 0 unspecified atom stereocenters. The van der Waals surface area contributed by atoms with Crippen molar-refractivity contribution in [1.82, 2.24) is 0 Å². The molecule has 0 fully saturated rings. The molecule has 0 bridgehead atoms. The van der Waals surface area contributed by atoms with Crippen molar-refractivity contribution in [2.75, 3.05) is 26.3 Å². The molecular formula is C21H24NO7P. The first-order valence-electron chi connectivity index (χ1n) is 9.18. The molecule has 0 spiro atoms. The highest BCUT2D eigenvalue weighted by molar-refractivity contribution is 7.46. The van der Waals surface area contributed by atoms with E-state index in [2.05, 4.69) is 9.84 Å². The number of hydrogen-bond acceptors (Lipinski definition) is 6. The number of methoxy groups -OCH3 is 2. The van der Waals surface area contributed by atoms with Gasteiger partial charge in [-0.2, -0.15) is 0 Å². The van der Waals surface area contributed by atoms with Crippen LogP contribution >= 0.6 is 7.82 Å². The molecule has 0 atom stereocenters. The van der Waals surface area contributed by atoms with Crippen molar-refractivity contribution < 1.29 is 33.1 Å². The van der Waals surface area contributed by atoms with Gasteiger partial charge >= 0.3 is 7.82 Å². The van der Waals surface area contributed by atoms with Crippen LogP contribution in [0.5, 0.6) is 11.5 Å². The summed E-state index contributed by atoms with van der Waals surface area (Å²) in [6.07, 6.45) is 2.36. The van der Waals surface area contributed by atoms with Gasteiger partial charge in [0.05, 0.1) is 14.2 Å². The number of phosphoric acid groups is 1. The summed E-state index contributed by atoms with van der Waals surface area (Å²) in [4.78, 5) is 30.5. The lowest BCUT2D eigenvalue weighted by atomic mass is 10.0. The molecule has 0 saturated carbocycles. The van der Waals surface area contributed by atoms with Crippen LogP contribution in [0.1, 0.15) is 32.6 Å². The Balaban J connectivity index is 1.85. The third-order valence-electron chi connectivity index (χ3n) is 4.90. The number of ketones is 1. The van der Waals surface area contributed by atoms with Gasteiger partial charge in [0.25, 0.3) is 0 Å². The van der Waals surface area contributed by atoms with Crippen LogP contribution in [-0.2, 0) is 15.5 Å². The minimum Gasteiger partial charge on any atom is -0.493 e. The van der Waals surface area contributed by atoms with E-state index in [4.69, 9.17) is 19.3 Å². The van der Waals surface area contributed by atoms with Crippen molar-refractivity contribution in [3.63, 3.8) is 0 Å². The number of hydrogen-bond donors (Lipinski definition) is 3. The average Bonchev–Trinajstić information content (AvgIpc) is 2.96. The zero-order valence-electron chi connectivity index (χ0n) is 17.2. The van der Waals surface area contributed by atoms with Crippen molar-refractivity contribution >= 4 is 25.4 Å². The lowest BCUT2D eigenvalue weighted by Gasteiger charge is -2.14. The average molecular weight is 433 g/mol. The van der Waals surface area contributed by atoms with E-state index in [0.29, 0.717) is 29.1 Å². The van der Waals surface area contributed by atoms with Gasteiger partial charge in [-0.1, -0.05) is 0 Å². The molecule has 2 aromatic rings. The molecule has 0 radical (unpaired) electrons. The number of rotatable bonds is 7. The van der Waals surface area contributed by atoms with E-state index in [9.17, 15) is 9.36 Å². The summed E-state index contributed by atoms with van der Waals surface area (Å²) in [7, 11) is -1.44. The first kappa shape index (κ1) is 22.1. The molecule has 1 aliphatic rings. The van der Waals surface area contributed by atoms with Crippen LogP contribution in [0.4, 0.5) is 5.69 Å². The first-order valence-corrected chi connectivity index (χ1v) is 10.7. The van der Waals surface area contributed by atoms with Crippen molar-refractivity contribution in [3.05, 3.63) is 57.7 Å². The summed E-state index contributed by atoms with van der Waals surface area (Å²) in [5.74, 6) is 1.06. The summed E-state index contributed by atoms with van der Waals surface area (Å²) in [5, 5.41) is 2.88. The Morgan fingerprint density at radius 3 is 2.23 bits per heavy atom. The van der Waals surface area contributed by atoms with E-state index in [0.717, 1.165) is 27.9 Å². The molecule has 0 saturated heterocycles. The summed E-state index contributed by atoms with van der Waals surface area (Å²) >= 11 is 0. The van der Waals surface area contributed by atoms with Gasteiger partial charge in [0, 0.05) is 23.2 Å². The number of fused-ring (bicyclic) bond motifs is 1. The quantitative estimate of drug-likeness (QED) is 0.345. The lowest BCUT2D eigenvalue weighted by molar-refractivity contribution is 0.104. The third-order valence-corrected chi connectivity index (χ3v) is 5.37. The predicted octanol–water partition coefficient (Wildman–Crippen LogP) is 3.62. The van der Waals surface area contributed by atoms with Crippen LogP contribution in [-0.4, -0.2) is 36.5 Å². The standard InChI is InChI=1S/C21H24NO7P/c1-12-5-14(6-13(2)20(12)22-11-29-30(24,25)26)7-16-8-15-9-18(27-3)19(28-4)10-17(15)21(16)23/h5-7,9-10,22H,8,11H2,1-4H3,(H2,24,25,26)/b16-7+. The fraction of sp³-hybridized carbons (Fsp3) is 0.286. The molecule has 3 rings (SSSR count). The Morgan fingerprint density at radius 2 is 1.67 bits per heavy atom. The van der Waals surface area contributed by atoms with E-state index >= 15 is 0 Å². The van der Waals surface area contributed by atoms with Crippen LogP contribution < -0.4 is 14.8 Å². The number of Topliss-reactive ketones (excluding diaryl/α,β-unsaturated/α-hetero) is 1. The highest BCUT2D eigenvalue weighted by Crippen LogP contribution is 2.38. The van der Waals surface area contributed by atoms with Crippen molar-refractivity contribution in [2.24, 2.45) is 0 Å².